The molecule has 0 aliphatic carbocycles. The zero-order valence-corrected chi connectivity index (χ0v) is 6.62. The Hall–Kier alpha value is 0.375. The highest BCUT2D eigenvalue weighted by molar-refractivity contribution is 7.24. The van der Waals surface area contributed by atoms with Crippen molar-refractivity contribution in [3.05, 3.63) is 0 Å². The molecule has 0 aromatic rings. The van der Waals surface area contributed by atoms with Gasteiger partial charge in [0.05, 0.1) is 12.7 Å². The van der Waals surface area contributed by atoms with Crippen LogP contribution in [-0.2, 0) is 9.26 Å². The molecule has 0 amide bonds. The quantitative estimate of drug-likeness (QED) is 0.472. The molecule has 0 aromatic heterocycles. The lowest BCUT2D eigenvalue weighted by Crippen LogP contribution is -2.14. The third-order valence-corrected chi connectivity index (χ3v) is 1.77. The molecule has 1 aliphatic heterocycles. The third kappa shape index (κ3) is 2.55. The van der Waals surface area contributed by atoms with Crippen LogP contribution in [0.5, 0.6) is 0 Å². The second kappa shape index (κ2) is 4.29. The van der Waals surface area contributed by atoms with E-state index in [2.05, 4.69) is 0 Å². The number of rotatable bonds is 3. The van der Waals surface area contributed by atoms with Gasteiger partial charge in [-0.05, 0) is 12.8 Å². The summed E-state index contributed by atoms with van der Waals surface area (Å²) in [6.45, 7) is 0.461. The first kappa shape index (κ1) is 8.47. The molecule has 0 spiro atoms. The average Bonchev–Trinajstić information content (AvgIpc) is 2.31. The molecule has 3 nitrogen and oxygen atoms in total. The van der Waals surface area contributed by atoms with Crippen molar-refractivity contribution < 1.29 is 14.2 Å². The van der Waals surface area contributed by atoms with Crippen LogP contribution in [0.1, 0.15) is 12.8 Å². The molecule has 5 heteroatoms. The Morgan fingerprint density at radius 3 is 3.00 bits per heavy atom. The number of ether oxygens (including phenoxy) is 1. The molecular formula is C5H10BO3P. The van der Waals surface area contributed by atoms with E-state index in [0.29, 0.717) is 6.61 Å². The van der Waals surface area contributed by atoms with Gasteiger partial charge in [0, 0.05) is 6.00 Å². The second-order valence-electron chi connectivity index (χ2n) is 2.28. The average molecular weight is 160 g/mol. The fraction of sp³-hybridized carbons (Fsp3) is 1.00. The van der Waals surface area contributed by atoms with Gasteiger partial charge in [-0.25, -0.2) is 0 Å². The Labute approximate surface area is 63.5 Å². The van der Waals surface area contributed by atoms with Gasteiger partial charge in [0.15, 0.2) is 9.03 Å². The molecule has 0 saturated carbocycles. The van der Waals surface area contributed by atoms with E-state index in [4.69, 9.17) is 22.0 Å². The van der Waals surface area contributed by atoms with Crippen LogP contribution in [0.2, 0.25) is 0 Å². The molecule has 1 aliphatic rings. The second-order valence-corrected chi connectivity index (χ2v) is 2.75. The van der Waals surface area contributed by atoms with Crippen LogP contribution in [-0.4, -0.2) is 31.5 Å². The van der Waals surface area contributed by atoms with Gasteiger partial charge in [-0.2, -0.15) is 0 Å². The molecule has 0 aromatic carbocycles. The molecule has 3 atom stereocenters. The van der Waals surface area contributed by atoms with Crippen molar-refractivity contribution in [1.82, 2.24) is 0 Å². The van der Waals surface area contributed by atoms with Crippen LogP contribution in [0.25, 0.3) is 0 Å². The topological polar surface area (TPSA) is 38.7 Å². The van der Waals surface area contributed by atoms with E-state index >= 15 is 0 Å². The lowest BCUT2D eigenvalue weighted by Gasteiger charge is -2.09. The molecule has 1 saturated heterocycles. The van der Waals surface area contributed by atoms with Gasteiger partial charge in [-0.1, -0.05) is 0 Å². The van der Waals surface area contributed by atoms with Gasteiger partial charge >= 0.3 is 0 Å². The molecule has 56 valence electrons. The maximum Gasteiger partial charge on any atom is 0.152 e. The van der Waals surface area contributed by atoms with Crippen molar-refractivity contribution in [3.63, 3.8) is 0 Å². The Kier molecular flexibility index (Phi) is 3.64. The summed E-state index contributed by atoms with van der Waals surface area (Å²) in [4.78, 5) is 8.31. The van der Waals surface area contributed by atoms with Crippen LogP contribution in [0.3, 0.4) is 0 Å². The number of hydrogen-bond donors (Lipinski definition) is 1. The van der Waals surface area contributed by atoms with Crippen molar-refractivity contribution in [1.29, 1.82) is 0 Å². The van der Waals surface area contributed by atoms with Gasteiger partial charge in [0.2, 0.25) is 0 Å². The van der Waals surface area contributed by atoms with Gasteiger partial charge in [-0.15, -0.1) is 0 Å². The van der Waals surface area contributed by atoms with E-state index in [-0.39, 0.29) is 12.1 Å². The highest BCUT2D eigenvalue weighted by Crippen LogP contribution is 2.19. The van der Waals surface area contributed by atoms with Gasteiger partial charge < -0.3 is 14.2 Å². The first-order valence-electron chi connectivity index (χ1n) is 3.25. The predicted octanol–water partition coefficient (Wildman–Crippen LogP) is 0.177. The fourth-order valence-electron chi connectivity index (χ4n) is 0.986. The van der Waals surface area contributed by atoms with Crippen molar-refractivity contribution in [2.75, 3.05) is 6.61 Å². The Bertz CT molecular complexity index is 103. The summed E-state index contributed by atoms with van der Waals surface area (Å²) in [5.41, 5.74) is 0. The van der Waals surface area contributed by atoms with Crippen LogP contribution in [0.15, 0.2) is 0 Å². The minimum atomic E-state index is -0.444. The van der Waals surface area contributed by atoms with Gasteiger partial charge in [0.1, 0.15) is 7.85 Å². The summed E-state index contributed by atoms with van der Waals surface area (Å²) in [7, 11) is 5.01. The predicted molar refractivity (Wildman–Crippen MR) is 40.1 cm³/mol. The van der Waals surface area contributed by atoms with Crippen LogP contribution in [0.4, 0.5) is 0 Å². The standard InChI is InChI=1S/C5H10BO3P/c6-5-2-1-4(9-5)3-8-10-7/h4-5,7,10H,1-3H2. The summed E-state index contributed by atoms with van der Waals surface area (Å²) >= 11 is 0. The van der Waals surface area contributed by atoms with Crippen molar-refractivity contribution in [2.45, 2.75) is 24.9 Å². The highest BCUT2D eigenvalue weighted by atomic mass is 31.1. The normalized spacial score (nSPS) is 34.1. The summed E-state index contributed by atoms with van der Waals surface area (Å²) < 4.78 is 9.98. The Morgan fingerprint density at radius 1 is 1.70 bits per heavy atom. The SMILES string of the molecule is [B]C1CCC(COPO)O1. The molecule has 2 radical (unpaired) electrons. The summed E-state index contributed by atoms with van der Waals surface area (Å²) in [5, 5.41) is 0. The molecule has 1 heterocycles. The Balaban J connectivity index is 2.06. The molecule has 3 unspecified atom stereocenters. The largest absolute Gasteiger partial charge is 0.382 e. The van der Waals surface area contributed by atoms with Crippen LogP contribution >= 0.6 is 9.03 Å². The molecule has 10 heavy (non-hydrogen) atoms. The lowest BCUT2D eigenvalue weighted by atomic mass is 9.97. The zero-order valence-electron chi connectivity index (χ0n) is 5.62. The minimum Gasteiger partial charge on any atom is -0.382 e. The van der Waals surface area contributed by atoms with E-state index in [1.54, 1.807) is 0 Å². The number of hydrogen-bond acceptors (Lipinski definition) is 3. The van der Waals surface area contributed by atoms with E-state index in [1.807, 2.05) is 0 Å². The molecular weight excluding hydrogens is 150 g/mol. The van der Waals surface area contributed by atoms with Crippen molar-refractivity contribution in [2.24, 2.45) is 0 Å². The first-order valence-corrected chi connectivity index (χ1v) is 4.10. The molecule has 1 rings (SSSR count). The lowest BCUT2D eigenvalue weighted by molar-refractivity contribution is 0.0533. The maximum absolute atomic E-state index is 8.31. The third-order valence-electron chi connectivity index (χ3n) is 1.47. The molecule has 0 bridgehead atoms. The summed E-state index contributed by atoms with van der Waals surface area (Å²) in [6, 6.07) is -0.129. The van der Waals surface area contributed by atoms with Crippen LogP contribution in [0, 0.1) is 0 Å². The zero-order chi connectivity index (χ0) is 7.40. The van der Waals surface area contributed by atoms with Gasteiger partial charge in [0.25, 0.3) is 0 Å². The van der Waals surface area contributed by atoms with E-state index in [1.165, 1.54) is 0 Å². The maximum atomic E-state index is 8.31. The van der Waals surface area contributed by atoms with Crippen molar-refractivity contribution in [3.8, 4) is 0 Å². The van der Waals surface area contributed by atoms with E-state index in [0.717, 1.165) is 12.8 Å². The van der Waals surface area contributed by atoms with E-state index < -0.39 is 9.03 Å². The molecule has 1 fully saturated rings. The smallest absolute Gasteiger partial charge is 0.152 e. The van der Waals surface area contributed by atoms with Gasteiger partial charge in [-0.3, -0.25) is 0 Å². The molecule has 1 N–H and O–H groups in total. The minimum absolute atomic E-state index is 0.0923. The summed E-state index contributed by atoms with van der Waals surface area (Å²) in [6.07, 6.45) is 1.92. The Morgan fingerprint density at radius 2 is 2.50 bits per heavy atom. The summed E-state index contributed by atoms with van der Waals surface area (Å²) in [5.74, 6) is 0. The van der Waals surface area contributed by atoms with Crippen molar-refractivity contribution >= 4 is 16.9 Å². The monoisotopic (exact) mass is 160 g/mol. The highest BCUT2D eigenvalue weighted by Gasteiger charge is 2.20. The fourth-order valence-corrected chi connectivity index (χ4v) is 1.25. The first-order chi connectivity index (χ1) is 4.83. The van der Waals surface area contributed by atoms with E-state index in [9.17, 15) is 0 Å². The van der Waals surface area contributed by atoms with Crippen LogP contribution < -0.4 is 0 Å².